The molecule has 0 aliphatic carbocycles. The second kappa shape index (κ2) is 10.1. The van der Waals surface area contributed by atoms with Crippen LogP contribution in [0.4, 0.5) is 16.2 Å². The number of anilines is 2. The molecule has 0 atom stereocenters. The number of likely N-dealkylation sites (N-methyl/N-ethyl adjacent to an activating group) is 1. The first-order valence-corrected chi connectivity index (χ1v) is 13.4. The standard InChI is InChI=1S/C28H36N4O2S/c1-20-16-21(2)27(22(3)17-20)31-12-14-32(15-13-31)28(33)34-19-23-18-24-25(6-5-7-26(24)35-23)30-10-8-29(4)9-11-30/h5-7,16-18H,8-15,19H2,1-4H3. The molecule has 2 saturated heterocycles. The Hall–Kier alpha value is -2.77. The number of amides is 1. The molecule has 7 heteroatoms. The Labute approximate surface area is 212 Å². The van der Waals surface area contributed by atoms with Crippen molar-refractivity contribution >= 4 is 38.9 Å². The van der Waals surface area contributed by atoms with E-state index < -0.39 is 0 Å². The number of thiophene rings is 1. The van der Waals surface area contributed by atoms with E-state index in [1.165, 1.54) is 38.2 Å². The van der Waals surface area contributed by atoms with E-state index in [-0.39, 0.29) is 6.09 Å². The van der Waals surface area contributed by atoms with Crippen LogP contribution in [-0.4, -0.2) is 75.3 Å². The summed E-state index contributed by atoms with van der Waals surface area (Å²) in [5.41, 5.74) is 6.51. The van der Waals surface area contributed by atoms with Crippen molar-refractivity contribution in [3.05, 3.63) is 58.0 Å². The Morgan fingerprint density at radius 2 is 1.54 bits per heavy atom. The van der Waals surface area contributed by atoms with Gasteiger partial charge >= 0.3 is 6.09 Å². The van der Waals surface area contributed by atoms with Crippen molar-refractivity contribution in [3.8, 4) is 0 Å². The molecule has 0 radical (unpaired) electrons. The Morgan fingerprint density at radius 1 is 0.886 bits per heavy atom. The quantitative estimate of drug-likeness (QED) is 0.510. The molecule has 1 aromatic heterocycles. The van der Waals surface area contributed by atoms with E-state index in [4.69, 9.17) is 4.74 Å². The zero-order valence-electron chi connectivity index (χ0n) is 21.3. The fourth-order valence-corrected chi connectivity index (χ4v) is 6.50. The van der Waals surface area contributed by atoms with E-state index in [0.717, 1.165) is 44.1 Å². The van der Waals surface area contributed by atoms with Crippen LogP contribution in [0.5, 0.6) is 0 Å². The highest BCUT2D eigenvalue weighted by Crippen LogP contribution is 2.34. The van der Waals surface area contributed by atoms with Crippen LogP contribution in [0.25, 0.3) is 10.1 Å². The predicted molar refractivity (Wildman–Crippen MR) is 146 cm³/mol. The SMILES string of the molecule is Cc1cc(C)c(N2CCN(C(=O)OCc3cc4c(N5CCN(C)CC5)cccc4s3)CC2)c(C)c1. The molecule has 2 fully saturated rings. The smallest absolute Gasteiger partial charge is 0.410 e. The number of nitrogens with zero attached hydrogens (tertiary/aromatic N) is 4. The number of aryl methyl sites for hydroxylation is 3. The lowest BCUT2D eigenvalue weighted by Crippen LogP contribution is -2.49. The summed E-state index contributed by atoms with van der Waals surface area (Å²) >= 11 is 1.73. The second-order valence-corrected chi connectivity index (χ2v) is 11.1. The fraction of sp³-hybridized carbons (Fsp3) is 0.464. The topological polar surface area (TPSA) is 39.3 Å². The average Bonchev–Trinajstić information content (AvgIpc) is 3.26. The summed E-state index contributed by atoms with van der Waals surface area (Å²) < 4.78 is 7.01. The van der Waals surface area contributed by atoms with Gasteiger partial charge in [0.15, 0.2) is 0 Å². The van der Waals surface area contributed by atoms with Gasteiger partial charge in [0.2, 0.25) is 0 Å². The Kier molecular flexibility index (Phi) is 6.89. The normalized spacial score (nSPS) is 17.3. The van der Waals surface area contributed by atoms with Crippen LogP contribution in [-0.2, 0) is 11.3 Å². The molecule has 0 unspecified atom stereocenters. The van der Waals surface area contributed by atoms with Crippen molar-refractivity contribution in [1.82, 2.24) is 9.80 Å². The van der Waals surface area contributed by atoms with Gasteiger partial charge in [-0.05, 0) is 57.1 Å². The summed E-state index contributed by atoms with van der Waals surface area (Å²) in [6, 6.07) is 13.2. The van der Waals surface area contributed by atoms with Crippen LogP contribution in [0.3, 0.4) is 0 Å². The molecule has 2 aliphatic heterocycles. The lowest BCUT2D eigenvalue weighted by atomic mass is 10.0. The lowest BCUT2D eigenvalue weighted by molar-refractivity contribution is 0.0950. The number of hydrogen-bond acceptors (Lipinski definition) is 6. The fourth-order valence-electron chi connectivity index (χ4n) is 5.50. The molecule has 3 aromatic rings. The summed E-state index contributed by atoms with van der Waals surface area (Å²) in [5.74, 6) is 0. The van der Waals surface area contributed by atoms with Gasteiger partial charge in [0.1, 0.15) is 6.61 Å². The summed E-state index contributed by atoms with van der Waals surface area (Å²) in [5, 5.41) is 1.27. The molecule has 2 aromatic carbocycles. The number of benzene rings is 2. The number of rotatable bonds is 4. The maximum absolute atomic E-state index is 12.8. The maximum atomic E-state index is 12.8. The monoisotopic (exact) mass is 492 g/mol. The Balaban J connectivity index is 1.19. The van der Waals surface area contributed by atoms with Crippen molar-refractivity contribution in [1.29, 1.82) is 0 Å². The van der Waals surface area contributed by atoms with Crippen LogP contribution in [0.1, 0.15) is 21.6 Å². The largest absolute Gasteiger partial charge is 0.444 e. The molecule has 1 amide bonds. The molecule has 3 heterocycles. The number of ether oxygens (including phenoxy) is 1. The highest BCUT2D eigenvalue weighted by Gasteiger charge is 2.24. The number of carbonyl (C=O) groups excluding carboxylic acids is 1. The molecule has 0 spiro atoms. The lowest BCUT2D eigenvalue weighted by Gasteiger charge is -2.37. The molecule has 5 rings (SSSR count). The van der Waals surface area contributed by atoms with Crippen LogP contribution < -0.4 is 9.80 Å². The Bertz CT molecular complexity index is 1180. The minimum Gasteiger partial charge on any atom is -0.444 e. The van der Waals surface area contributed by atoms with E-state index in [9.17, 15) is 4.79 Å². The zero-order chi connectivity index (χ0) is 24.5. The van der Waals surface area contributed by atoms with Crippen LogP contribution in [0, 0.1) is 20.8 Å². The highest BCUT2D eigenvalue weighted by molar-refractivity contribution is 7.19. The van der Waals surface area contributed by atoms with E-state index in [2.05, 4.69) is 78.9 Å². The molecular formula is C28H36N4O2S. The molecular weight excluding hydrogens is 456 g/mol. The minimum atomic E-state index is -0.209. The third kappa shape index (κ3) is 5.11. The van der Waals surface area contributed by atoms with Crippen molar-refractivity contribution < 1.29 is 9.53 Å². The van der Waals surface area contributed by atoms with Gasteiger partial charge in [-0.1, -0.05) is 23.8 Å². The average molecular weight is 493 g/mol. The van der Waals surface area contributed by atoms with Crippen molar-refractivity contribution in [2.24, 2.45) is 0 Å². The molecule has 35 heavy (non-hydrogen) atoms. The molecule has 186 valence electrons. The van der Waals surface area contributed by atoms with Crippen LogP contribution in [0.2, 0.25) is 0 Å². The van der Waals surface area contributed by atoms with Crippen molar-refractivity contribution in [2.75, 3.05) is 69.2 Å². The molecule has 0 saturated carbocycles. The van der Waals surface area contributed by atoms with Gasteiger partial charge in [-0.25, -0.2) is 4.79 Å². The van der Waals surface area contributed by atoms with Crippen molar-refractivity contribution in [3.63, 3.8) is 0 Å². The number of hydrogen-bond donors (Lipinski definition) is 0. The van der Waals surface area contributed by atoms with E-state index >= 15 is 0 Å². The van der Waals surface area contributed by atoms with Gasteiger partial charge in [-0.3, -0.25) is 0 Å². The van der Waals surface area contributed by atoms with Crippen molar-refractivity contribution in [2.45, 2.75) is 27.4 Å². The summed E-state index contributed by atoms with van der Waals surface area (Å²) in [7, 11) is 2.18. The molecule has 6 nitrogen and oxygen atoms in total. The second-order valence-electron chi connectivity index (χ2n) is 9.97. The number of carbonyl (C=O) groups is 1. The molecule has 2 aliphatic rings. The van der Waals surface area contributed by atoms with Crippen LogP contribution >= 0.6 is 11.3 Å². The van der Waals surface area contributed by atoms with Gasteiger partial charge < -0.3 is 24.3 Å². The van der Waals surface area contributed by atoms with E-state index in [0.29, 0.717) is 19.7 Å². The Morgan fingerprint density at radius 3 is 2.23 bits per heavy atom. The number of fused-ring (bicyclic) bond motifs is 1. The van der Waals surface area contributed by atoms with Gasteiger partial charge in [-0.2, -0.15) is 0 Å². The minimum absolute atomic E-state index is 0.209. The van der Waals surface area contributed by atoms with Gasteiger partial charge in [-0.15, -0.1) is 11.3 Å². The predicted octanol–water partition coefficient (Wildman–Crippen LogP) is 5.04. The van der Waals surface area contributed by atoms with Crippen LogP contribution in [0.15, 0.2) is 36.4 Å². The number of piperazine rings is 2. The van der Waals surface area contributed by atoms with E-state index in [1.54, 1.807) is 11.3 Å². The third-order valence-corrected chi connectivity index (χ3v) is 8.33. The van der Waals surface area contributed by atoms with Gasteiger partial charge in [0.05, 0.1) is 0 Å². The summed E-state index contributed by atoms with van der Waals surface area (Å²) in [4.78, 5) is 23.0. The first-order chi connectivity index (χ1) is 16.9. The molecule has 0 N–H and O–H groups in total. The summed E-state index contributed by atoms with van der Waals surface area (Å²) in [6.07, 6.45) is -0.209. The van der Waals surface area contributed by atoms with E-state index in [1.807, 2.05) is 4.90 Å². The molecule has 0 bridgehead atoms. The maximum Gasteiger partial charge on any atom is 0.410 e. The summed E-state index contributed by atoms with van der Waals surface area (Å²) in [6.45, 7) is 14.1. The highest BCUT2D eigenvalue weighted by atomic mass is 32.1. The van der Waals surface area contributed by atoms with Gasteiger partial charge in [0.25, 0.3) is 0 Å². The third-order valence-electron chi connectivity index (χ3n) is 7.26. The first kappa shape index (κ1) is 23.9. The first-order valence-electron chi connectivity index (χ1n) is 12.6. The zero-order valence-corrected chi connectivity index (χ0v) is 22.2. The van der Waals surface area contributed by atoms with Gasteiger partial charge in [0, 0.05) is 78.7 Å².